The van der Waals surface area contributed by atoms with Gasteiger partial charge in [-0.3, -0.25) is 14.5 Å². The number of aromatic nitrogens is 3. The second-order valence-electron chi connectivity index (χ2n) is 7.82. The Bertz CT molecular complexity index is 1420. The number of rotatable bonds is 6. The maximum Gasteiger partial charge on any atom is 0.263 e. The molecule has 3 heterocycles. The van der Waals surface area contributed by atoms with Crippen molar-refractivity contribution in [2.45, 2.75) is 11.3 Å². The average Bonchev–Trinajstić information content (AvgIpc) is 3.30. The number of hydrogen-bond acceptors (Lipinski definition) is 8. The Labute approximate surface area is 201 Å². The van der Waals surface area contributed by atoms with Gasteiger partial charge in [0.1, 0.15) is 5.82 Å². The number of benzene rings is 2. The minimum absolute atomic E-state index is 0.0352. The van der Waals surface area contributed by atoms with E-state index in [0.29, 0.717) is 31.9 Å². The minimum atomic E-state index is -3.71. The van der Waals surface area contributed by atoms with E-state index in [4.69, 9.17) is 0 Å². The van der Waals surface area contributed by atoms with Crippen LogP contribution in [0.5, 0.6) is 0 Å². The molecule has 4 aromatic rings. The number of carbonyl (C=O) groups is 1. The Morgan fingerprint density at radius 1 is 0.941 bits per heavy atom. The number of nitrogens with one attached hydrogen (secondary N) is 1. The van der Waals surface area contributed by atoms with Gasteiger partial charge in [-0.25, -0.2) is 18.4 Å². The summed E-state index contributed by atoms with van der Waals surface area (Å²) in [6.07, 6.45) is 1.90. The average molecular weight is 495 g/mol. The molecule has 0 radical (unpaired) electrons. The molecule has 0 unspecified atom stereocenters. The number of fused-ring (bicyclic) bond motifs is 1. The highest BCUT2D eigenvalue weighted by molar-refractivity contribution is 7.93. The number of nitrogens with zero attached hydrogens (tertiary/aromatic N) is 5. The monoisotopic (exact) mass is 494 g/mol. The van der Waals surface area contributed by atoms with Crippen LogP contribution >= 0.6 is 11.3 Å². The van der Waals surface area contributed by atoms with Gasteiger partial charge in [0.05, 0.1) is 34.2 Å². The Hall–Kier alpha value is -3.57. The zero-order valence-electron chi connectivity index (χ0n) is 18.2. The first-order valence-corrected chi connectivity index (χ1v) is 13.1. The molecule has 0 saturated carbocycles. The second kappa shape index (κ2) is 9.35. The van der Waals surface area contributed by atoms with E-state index in [1.165, 1.54) is 12.1 Å². The van der Waals surface area contributed by atoms with Crippen molar-refractivity contribution in [2.75, 3.05) is 35.8 Å². The maximum atomic E-state index is 12.8. The third-order valence-corrected chi connectivity index (χ3v) is 7.84. The normalized spacial score (nSPS) is 14.4. The van der Waals surface area contributed by atoms with Crippen LogP contribution in [-0.2, 0) is 21.2 Å². The lowest BCUT2D eigenvalue weighted by molar-refractivity contribution is -0.130. The number of sulfonamides is 1. The van der Waals surface area contributed by atoms with Crippen LogP contribution in [0.15, 0.2) is 71.1 Å². The molecule has 2 aromatic carbocycles. The van der Waals surface area contributed by atoms with Crippen molar-refractivity contribution in [1.29, 1.82) is 0 Å². The van der Waals surface area contributed by atoms with E-state index in [2.05, 4.69) is 24.6 Å². The molecule has 0 spiro atoms. The van der Waals surface area contributed by atoms with Crippen LogP contribution in [0.2, 0.25) is 0 Å². The molecule has 34 heavy (non-hydrogen) atoms. The Kier molecular flexibility index (Phi) is 6.12. The number of para-hydroxylation sites is 2. The Balaban J connectivity index is 1.17. The molecule has 174 valence electrons. The van der Waals surface area contributed by atoms with Crippen molar-refractivity contribution in [3.63, 3.8) is 0 Å². The highest BCUT2D eigenvalue weighted by Crippen LogP contribution is 2.21. The van der Waals surface area contributed by atoms with Crippen molar-refractivity contribution in [3.8, 4) is 0 Å². The molecule has 5 rings (SSSR count). The van der Waals surface area contributed by atoms with Gasteiger partial charge in [0.2, 0.25) is 5.91 Å². The van der Waals surface area contributed by atoms with Gasteiger partial charge in [0.15, 0.2) is 5.13 Å². The fourth-order valence-corrected chi connectivity index (χ4v) is 5.74. The van der Waals surface area contributed by atoms with E-state index < -0.39 is 10.0 Å². The summed E-state index contributed by atoms with van der Waals surface area (Å²) in [6.45, 7) is 2.48. The summed E-state index contributed by atoms with van der Waals surface area (Å²) in [5.74, 6) is 0.771. The summed E-state index contributed by atoms with van der Waals surface area (Å²) < 4.78 is 27.4. The van der Waals surface area contributed by atoms with Gasteiger partial charge in [-0.1, -0.05) is 30.3 Å². The maximum absolute atomic E-state index is 12.8. The first-order chi connectivity index (χ1) is 16.5. The standard InChI is InChI=1S/C23H22N6O3S2/c30-22(14-17-16-33-23(25-17)27-34(31,32)18-6-2-1-3-7-18)29-12-10-28(11-13-29)21-15-24-19-8-4-5-9-20(19)26-21/h1-9,15-16H,10-14H2,(H,25,27). The van der Waals surface area contributed by atoms with E-state index in [-0.39, 0.29) is 22.4 Å². The van der Waals surface area contributed by atoms with Gasteiger partial charge in [-0.05, 0) is 24.3 Å². The van der Waals surface area contributed by atoms with Crippen LogP contribution in [0.3, 0.4) is 0 Å². The smallest absolute Gasteiger partial charge is 0.263 e. The number of hydrogen-bond donors (Lipinski definition) is 1. The quantitative estimate of drug-likeness (QED) is 0.439. The summed E-state index contributed by atoms with van der Waals surface area (Å²) in [5.41, 5.74) is 2.25. The van der Waals surface area contributed by atoms with Crippen LogP contribution in [0, 0.1) is 0 Å². The van der Waals surface area contributed by atoms with Crippen LogP contribution < -0.4 is 9.62 Å². The molecule has 1 fully saturated rings. The predicted octanol–water partition coefficient (Wildman–Crippen LogP) is 2.78. The van der Waals surface area contributed by atoms with E-state index in [1.54, 1.807) is 34.7 Å². The first-order valence-electron chi connectivity index (χ1n) is 10.7. The van der Waals surface area contributed by atoms with Crippen LogP contribution in [0.25, 0.3) is 11.0 Å². The number of amides is 1. The highest BCUT2D eigenvalue weighted by Gasteiger charge is 2.23. The molecule has 1 aliphatic rings. The molecule has 0 aliphatic carbocycles. The lowest BCUT2D eigenvalue weighted by atomic mass is 10.2. The summed E-state index contributed by atoms with van der Waals surface area (Å²) in [5, 5.41) is 1.95. The molecule has 1 saturated heterocycles. The summed E-state index contributed by atoms with van der Waals surface area (Å²) >= 11 is 1.16. The number of carbonyl (C=O) groups excluding carboxylic acids is 1. The molecule has 1 amide bonds. The van der Waals surface area contributed by atoms with Crippen molar-refractivity contribution in [3.05, 3.63) is 71.9 Å². The molecule has 1 aliphatic heterocycles. The van der Waals surface area contributed by atoms with E-state index in [0.717, 1.165) is 28.2 Å². The first kappa shape index (κ1) is 22.2. The van der Waals surface area contributed by atoms with Gasteiger partial charge < -0.3 is 9.80 Å². The lowest BCUT2D eigenvalue weighted by Crippen LogP contribution is -2.49. The number of anilines is 2. The fraction of sp³-hybridized carbons (Fsp3) is 0.217. The van der Waals surface area contributed by atoms with E-state index in [9.17, 15) is 13.2 Å². The summed E-state index contributed by atoms with van der Waals surface area (Å²) in [4.78, 5) is 30.4. The van der Waals surface area contributed by atoms with Gasteiger partial charge in [-0.15, -0.1) is 11.3 Å². The van der Waals surface area contributed by atoms with Gasteiger partial charge in [-0.2, -0.15) is 0 Å². The van der Waals surface area contributed by atoms with Gasteiger partial charge >= 0.3 is 0 Å². The molecule has 9 nitrogen and oxygen atoms in total. The molecule has 0 atom stereocenters. The second-order valence-corrected chi connectivity index (χ2v) is 10.4. The summed E-state index contributed by atoms with van der Waals surface area (Å²) in [6, 6.07) is 15.8. The largest absolute Gasteiger partial charge is 0.352 e. The Morgan fingerprint density at radius 2 is 1.65 bits per heavy atom. The molecule has 1 N–H and O–H groups in total. The van der Waals surface area contributed by atoms with Crippen LogP contribution in [0.4, 0.5) is 10.9 Å². The fourth-order valence-electron chi connectivity index (χ4n) is 3.76. The molecule has 0 bridgehead atoms. The van der Waals surface area contributed by atoms with Gasteiger partial charge in [0.25, 0.3) is 10.0 Å². The highest BCUT2D eigenvalue weighted by atomic mass is 32.2. The van der Waals surface area contributed by atoms with Crippen molar-refractivity contribution >= 4 is 49.3 Å². The zero-order chi connectivity index (χ0) is 23.5. The van der Waals surface area contributed by atoms with Crippen molar-refractivity contribution in [2.24, 2.45) is 0 Å². The van der Waals surface area contributed by atoms with Crippen LogP contribution in [0.1, 0.15) is 5.69 Å². The molecule has 11 heteroatoms. The van der Waals surface area contributed by atoms with Crippen molar-refractivity contribution in [1.82, 2.24) is 19.9 Å². The molecule has 2 aromatic heterocycles. The number of piperazine rings is 1. The topological polar surface area (TPSA) is 108 Å². The predicted molar refractivity (Wildman–Crippen MR) is 131 cm³/mol. The van der Waals surface area contributed by atoms with E-state index in [1.807, 2.05) is 24.3 Å². The SMILES string of the molecule is O=C(Cc1csc(NS(=O)(=O)c2ccccc2)n1)N1CCN(c2cnc3ccccc3n2)CC1. The van der Waals surface area contributed by atoms with Crippen molar-refractivity contribution < 1.29 is 13.2 Å². The number of thiazole rings is 1. The van der Waals surface area contributed by atoms with Gasteiger partial charge in [0, 0.05) is 31.6 Å². The zero-order valence-corrected chi connectivity index (χ0v) is 19.8. The Morgan fingerprint density at radius 3 is 2.41 bits per heavy atom. The molecular formula is C23H22N6O3S2. The third kappa shape index (κ3) is 4.85. The molecular weight excluding hydrogens is 472 g/mol. The third-order valence-electron chi connectivity index (χ3n) is 5.55. The minimum Gasteiger partial charge on any atom is -0.352 e. The van der Waals surface area contributed by atoms with Crippen LogP contribution in [-0.4, -0.2) is 60.4 Å². The summed E-state index contributed by atoms with van der Waals surface area (Å²) in [7, 11) is -3.71. The lowest BCUT2D eigenvalue weighted by Gasteiger charge is -2.35. The van der Waals surface area contributed by atoms with E-state index >= 15 is 0 Å².